The minimum atomic E-state index is -1.12. The largest absolute Gasteiger partial charge is 0.392 e. The topological polar surface area (TPSA) is 84.2 Å². The van der Waals surface area contributed by atoms with Crippen LogP contribution in [0.1, 0.15) is 0 Å². The third-order valence-electron chi connectivity index (χ3n) is 1.87. The number of hydrogen-bond acceptors (Lipinski definition) is 3. The monoisotopic (exact) mass is 351 g/mol. The van der Waals surface area contributed by atoms with Crippen molar-refractivity contribution in [1.29, 1.82) is 0 Å². The zero-order chi connectivity index (χ0) is 14.6. The van der Waals surface area contributed by atoms with E-state index in [2.05, 4.69) is 33.5 Å². The van der Waals surface area contributed by atoms with E-state index in [9.17, 15) is 18.4 Å². The van der Waals surface area contributed by atoms with Gasteiger partial charge in [0.05, 0.1) is 17.2 Å². The fourth-order valence-corrected chi connectivity index (χ4v) is 1.66. The van der Waals surface area contributed by atoms with Crippen molar-refractivity contribution in [2.75, 3.05) is 11.9 Å². The van der Waals surface area contributed by atoms with Gasteiger partial charge in [-0.1, -0.05) is 12.2 Å². The molecule has 5 nitrogen and oxygen atoms in total. The van der Waals surface area contributed by atoms with Crippen molar-refractivity contribution in [1.82, 2.24) is 5.32 Å². The molecule has 0 saturated heterocycles. The first-order valence-electron chi connectivity index (χ1n) is 4.83. The van der Waals surface area contributed by atoms with Crippen molar-refractivity contribution < 1.29 is 18.4 Å². The van der Waals surface area contributed by atoms with Gasteiger partial charge in [0.1, 0.15) is 5.82 Å². The van der Waals surface area contributed by atoms with Gasteiger partial charge in [-0.3, -0.25) is 9.59 Å². The molecular weight excluding hydrogens is 344 g/mol. The predicted molar refractivity (Wildman–Crippen MR) is 72.5 cm³/mol. The molecular formula is C10H8BrF2N3O2S. The number of hydrogen-bond donors (Lipinski definition) is 3. The van der Waals surface area contributed by atoms with Crippen LogP contribution in [0.3, 0.4) is 0 Å². The highest BCUT2D eigenvalue weighted by Gasteiger charge is 2.18. The molecule has 0 heterocycles. The molecule has 0 unspecified atom stereocenters. The summed E-state index contributed by atoms with van der Waals surface area (Å²) in [5.74, 6) is -3.99. The van der Waals surface area contributed by atoms with E-state index in [1.54, 1.807) is 0 Å². The Balaban J connectivity index is 2.77. The number of anilines is 1. The lowest BCUT2D eigenvalue weighted by molar-refractivity contribution is -0.136. The third-order valence-corrected chi connectivity index (χ3v) is 2.64. The lowest BCUT2D eigenvalue weighted by Gasteiger charge is -2.08. The van der Waals surface area contributed by atoms with Gasteiger partial charge < -0.3 is 16.4 Å². The molecule has 9 heteroatoms. The standard InChI is InChI=1S/C10H8BrF2N3O2S/c11-5-1-4(12)2-6(13)8(5)16-10(18)9(17)15-3-7(14)19/h1-2H,3H2,(H2,14,19)(H,15,17)(H,16,18). The van der Waals surface area contributed by atoms with Gasteiger partial charge in [0, 0.05) is 10.5 Å². The zero-order valence-corrected chi connectivity index (χ0v) is 11.7. The van der Waals surface area contributed by atoms with Crippen molar-refractivity contribution in [2.45, 2.75) is 0 Å². The highest BCUT2D eigenvalue weighted by atomic mass is 79.9. The van der Waals surface area contributed by atoms with Crippen LogP contribution >= 0.6 is 28.1 Å². The number of thiocarbonyl (C=S) groups is 1. The Bertz CT molecular complexity index is 531. The molecule has 0 aliphatic rings. The van der Waals surface area contributed by atoms with E-state index in [-0.39, 0.29) is 21.7 Å². The van der Waals surface area contributed by atoms with Gasteiger partial charge in [-0.25, -0.2) is 8.78 Å². The maximum Gasteiger partial charge on any atom is 0.313 e. The van der Waals surface area contributed by atoms with Crippen LogP contribution in [0, 0.1) is 11.6 Å². The van der Waals surface area contributed by atoms with Gasteiger partial charge in [-0.05, 0) is 22.0 Å². The fraction of sp³-hybridized carbons (Fsp3) is 0.100. The minimum absolute atomic E-state index is 0.00436. The van der Waals surface area contributed by atoms with E-state index >= 15 is 0 Å². The maximum absolute atomic E-state index is 13.4. The van der Waals surface area contributed by atoms with Crippen molar-refractivity contribution in [2.24, 2.45) is 5.73 Å². The van der Waals surface area contributed by atoms with Crippen molar-refractivity contribution >= 4 is 50.6 Å². The summed E-state index contributed by atoms with van der Waals surface area (Å²) < 4.78 is 26.2. The molecule has 0 spiro atoms. The summed E-state index contributed by atoms with van der Waals surface area (Å²) in [6, 6.07) is 1.53. The van der Waals surface area contributed by atoms with E-state index in [0.29, 0.717) is 6.07 Å². The van der Waals surface area contributed by atoms with E-state index < -0.39 is 23.4 Å². The number of carbonyl (C=O) groups is 2. The van der Waals surface area contributed by atoms with E-state index in [1.807, 2.05) is 5.32 Å². The molecule has 0 saturated carbocycles. The van der Waals surface area contributed by atoms with Gasteiger partial charge in [0.15, 0.2) is 5.82 Å². The number of nitrogens with one attached hydrogen (secondary N) is 2. The number of carbonyl (C=O) groups excluding carboxylic acids is 2. The van der Waals surface area contributed by atoms with Crippen molar-refractivity contribution in [3.05, 3.63) is 28.2 Å². The highest BCUT2D eigenvalue weighted by Crippen LogP contribution is 2.26. The molecule has 0 bridgehead atoms. The molecule has 2 amide bonds. The fourth-order valence-electron chi connectivity index (χ4n) is 1.08. The van der Waals surface area contributed by atoms with Crippen molar-refractivity contribution in [3.8, 4) is 0 Å². The van der Waals surface area contributed by atoms with Crippen LogP contribution in [-0.4, -0.2) is 23.3 Å². The van der Waals surface area contributed by atoms with Crippen LogP contribution < -0.4 is 16.4 Å². The highest BCUT2D eigenvalue weighted by molar-refractivity contribution is 9.10. The Morgan fingerprint density at radius 2 is 1.95 bits per heavy atom. The number of nitrogens with two attached hydrogens (primary N) is 1. The average molecular weight is 352 g/mol. The van der Waals surface area contributed by atoms with Gasteiger partial charge in [-0.2, -0.15) is 0 Å². The molecule has 0 radical (unpaired) electrons. The first-order chi connectivity index (χ1) is 8.81. The molecule has 0 aliphatic carbocycles. The van der Waals surface area contributed by atoms with Gasteiger partial charge in [-0.15, -0.1) is 0 Å². The van der Waals surface area contributed by atoms with Crippen LogP contribution in [0.5, 0.6) is 0 Å². The predicted octanol–water partition coefficient (Wildman–Crippen LogP) is 1.07. The summed E-state index contributed by atoms with van der Waals surface area (Å²) in [6.07, 6.45) is 0. The minimum Gasteiger partial charge on any atom is -0.392 e. The summed E-state index contributed by atoms with van der Waals surface area (Å²) >= 11 is 7.38. The van der Waals surface area contributed by atoms with Crippen LogP contribution in [-0.2, 0) is 9.59 Å². The van der Waals surface area contributed by atoms with E-state index in [1.165, 1.54) is 0 Å². The van der Waals surface area contributed by atoms with Gasteiger partial charge >= 0.3 is 11.8 Å². The van der Waals surface area contributed by atoms with Crippen molar-refractivity contribution in [3.63, 3.8) is 0 Å². The first-order valence-corrected chi connectivity index (χ1v) is 6.03. The molecule has 1 aromatic rings. The molecule has 102 valence electrons. The van der Waals surface area contributed by atoms with Crippen LogP contribution in [0.4, 0.5) is 14.5 Å². The number of halogens is 3. The van der Waals surface area contributed by atoms with E-state index in [0.717, 1.165) is 6.07 Å². The molecule has 0 aliphatic heterocycles. The molecule has 19 heavy (non-hydrogen) atoms. The summed E-state index contributed by atoms with van der Waals surface area (Å²) in [4.78, 5) is 22.7. The number of amides is 2. The molecule has 4 N–H and O–H groups in total. The zero-order valence-electron chi connectivity index (χ0n) is 9.30. The smallest absolute Gasteiger partial charge is 0.313 e. The second kappa shape index (κ2) is 6.53. The molecule has 0 aromatic heterocycles. The number of rotatable bonds is 3. The van der Waals surface area contributed by atoms with Gasteiger partial charge in [0.25, 0.3) is 0 Å². The number of benzene rings is 1. The first kappa shape index (κ1) is 15.4. The Kier molecular flexibility index (Phi) is 5.31. The Morgan fingerprint density at radius 3 is 2.47 bits per heavy atom. The second-order valence-electron chi connectivity index (χ2n) is 3.35. The summed E-state index contributed by atoms with van der Waals surface area (Å²) in [6.45, 7) is -0.158. The Morgan fingerprint density at radius 1 is 1.32 bits per heavy atom. The van der Waals surface area contributed by atoms with Gasteiger partial charge in [0.2, 0.25) is 0 Å². The summed E-state index contributed by atoms with van der Waals surface area (Å²) in [5, 5.41) is 4.13. The Hall–Kier alpha value is -1.61. The third kappa shape index (κ3) is 4.52. The normalized spacial score (nSPS) is 9.84. The average Bonchev–Trinajstić information content (AvgIpc) is 2.30. The molecule has 1 aromatic carbocycles. The van der Waals surface area contributed by atoms with Crippen LogP contribution in [0.2, 0.25) is 0 Å². The summed E-state index contributed by atoms with van der Waals surface area (Å²) in [7, 11) is 0. The quantitative estimate of drug-likeness (QED) is 0.561. The lowest BCUT2D eigenvalue weighted by Crippen LogP contribution is -2.39. The molecule has 0 atom stereocenters. The lowest BCUT2D eigenvalue weighted by atomic mass is 10.3. The van der Waals surface area contributed by atoms with Crippen LogP contribution in [0.15, 0.2) is 16.6 Å². The Labute approximate surface area is 120 Å². The van der Waals surface area contributed by atoms with Crippen LogP contribution in [0.25, 0.3) is 0 Å². The second-order valence-corrected chi connectivity index (χ2v) is 4.73. The van der Waals surface area contributed by atoms with E-state index in [4.69, 9.17) is 5.73 Å². The summed E-state index contributed by atoms with van der Waals surface area (Å²) in [5.41, 5.74) is 4.80. The molecule has 1 rings (SSSR count). The SMILES string of the molecule is NC(=S)CNC(=O)C(=O)Nc1c(F)cc(F)cc1Br. The maximum atomic E-state index is 13.4. The molecule has 0 fully saturated rings.